The zero-order valence-electron chi connectivity index (χ0n) is 11.3. The van der Waals surface area contributed by atoms with Crippen LogP contribution in [0.1, 0.15) is 16.8 Å². The molecule has 0 unspecified atom stereocenters. The molecule has 1 aromatic heterocycles. The van der Waals surface area contributed by atoms with Gasteiger partial charge in [-0.25, -0.2) is 4.39 Å². The standard InChI is InChI=1S/C15H17FN2O2/c1-17-7-11-6-10(16)8-18(11)15(19)13-9-20-14-5-3-2-4-12(13)14/h2-5,9-11,17H,6-8H2,1H3/t10-,11-/m0/s1. The Bertz CT molecular complexity index is 625. The summed E-state index contributed by atoms with van der Waals surface area (Å²) in [5.41, 5.74) is 1.19. The van der Waals surface area contributed by atoms with Crippen LogP contribution in [0.25, 0.3) is 11.0 Å². The fourth-order valence-corrected chi connectivity index (χ4v) is 2.84. The Hall–Kier alpha value is -1.88. The molecule has 1 aliphatic rings. The first kappa shape index (κ1) is 13.1. The summed E-state index contributed by atoms with van der Waals surface area (Å²) in [6.07, 6.45) is 0.910. The van der Waals surface area contributed by atoms with Crippen LogP contribution >= 0.6 is 0 Å². The van der Waals surface area contributed by atoms with Crippen LogP contribution in [0.2, 0.25) is 0 Å². The van der Waals surface area contributed by atoms with E-state index < -0.39 is 6.17 Å². The molecule has 1 aromatic carbocycles. The number of carbonyl (C=O) groups excluding carboxylic acids is 1. The topological polar surface area (TPSA) is 45.5 Å². The zero-order chi connectivity index (χ0) is 14.1. The number of nitrogens with zero attached hydrogens (tertiary/aromatic N) is 1. The predicted octanol–water partition coefficient (Wildman–Crippen LogP) is 2.20. The van der Waals surface area contributed by atoms with Gasteiger partial charge in [0.2, 0.25) is 0 Å². The lowest BCUT2D eigenvalue weighted by atomic mass is 10.1. The molecular formula is C15H17FN2O2. The molecule has 2 heterocycles. The van der Waals surface area contributed by atoms with E-state index in [1.165, 1.54) is 6.26 Å². The van der Waals surface area contributed by atoms with Crippen LogP contribution in [0.3, 0.4) is 0 Å². The summed E-state index contributed by atoms with van der Waals surface area (Å²) >= 11 is 0. The minimum Gasteiger partial charge on any atom is -0.463 e. The van der Waals surface area contributed by atoms with Gasteiger partial charge < -0.3 is 14.6 Å². The van der Waals surface area contributed by atoms with Crippen molar-refractivity contribution in [3.8, 4) is 0 Å². The lowest BCUT2D eigenvalue weighted by Gasteiger charge is -2.23. The molecule has 5 heteroatoms. The van der Waals surface area contributed by atoms with Crippen LogP contribution in [-0.4, -0.2) is 43.2 Å². The number of nitrogens with one attached hydrogen (secondary N) is 1. The largest absolute Gasteiger partial charge is 0.463 e. The highest BCUT2D eigenvalue weighted by molar-refractivity contribution is 6.06. The van der Waals surface area contributed by atoms with Gasteiger partial charge in [-0.15, -0.1) is 0 Å². The van der Waals surface area contributed by atoms with Crippen molar-refractivity contribution < 1.29 is 13.6 Å². The second-order valence-electron chi connectivity index (χ2n) is 5.15. The molecule has 4 nitrogen and oxygen atoms in total. The summed E-state index contributed by atoms with van der Waals surface area (Å²) in [5, 5.41) is 3.79. The molecule has 106 valence electrons. The Kier molecular flexibility index (Phi) is 3.44. The highest BCUT2D eigenvalue weighted by atomic mass is 19.1. The Labute approximate surface area is 116 Å². The molecular weight excluding hydrogens is 259 g/mol. The summed E-state index contributed by atoms with van der Waals surface area (Å²) in [6.45, 7) is 0.757. The van der Waals surface area contributed by atoms with Gasteiger partial charge in [-0.2, -0.15) is 0 Å². The average molecular weight is 276 g/mol. The molecule has 0 spiro atoms. The van der Waals surface area contributed by atoms with Gasteiger partial charge in [-0.05, 0) is 13.1 Å². The van der Waals surface area contributed by atoms with Crippen LogP contribution < -0.4 is 5.32 Å². The van der Waals surface area contributed by atoms with E-state index in [1.807, 2.05) is 31.3 Å². The third-order valence-corrected chi connectivity index (χ3v) is 3.78. The summed E-state index contributed by atoms with van der Waals surface area (Å²) in [5.74, 6) is -0.157. The van der Waals surface area contributed by atoms with Crippen LogP contribution in [0, 0.1) is 0 Å². The number of alkyl halides is 1. The first-order valence-electron chi connectivity index (χ1n) is 6.76. The van der Waals surface area contributed by atoms with Crippen molar-refractivity contribution in [2.45, 2.75) is 18.6 Å². The van der Waals surface area contributed by atoms with E-state index >= 15 is 0 Å². The number of halogens is 1. The molecule has 0 aliphatic carbocycles. The first-order chi connectivity index (χ1) is 9.70. The normalized spacial score (nSPS) is 22.6. The van der Waals surface area contributed by atoms with Crippen LogP contribution in [0.15, 0.2) is 34.9 Å². The number of likely N-dealkylation sites (N-methyl/N-ethyl adjacent to an activating group) is 1. The van der Waals surface area contributed by atoms with Gasteiger partial charge in [0.15, 0.2) is 0 Å². The van der Waals surface area contributed by atoms with E-state index in [0.29, 0.717) is 24.1 Å². The average Bonchev–Trinajstić information content (AvgIpc) is 3.02. The molecule has 1 amide bonds. The number of fused-ring (bicyclic) bond motifs is 1. The molecule has 2 aromatic rings. The third-order valence-electron chi connectivity index (χ3n) is 3.78. The maximum absolute atomic E-state index is 13.6. The van der Waals surface area contributed by atoms with E-state index in [2.05, 4.69) is 5.32 Å². The van der Waals surface area contributed by atoms with Crippen molar-refractivity contribution in [2.75, 3.05) is 20.1 Å². The van der Waals surface area contributed by atoms with Crippen molar-refractivity contribution in [1.82, 2.24) is 10.2 Å². The van der Waals surface area contributed by atoms with Gasteiger partial charge in [-0.3, -0.25) is 4.79 Å². The summed E-state index contributed by atoms with van der Waals surface area (Å²) in [7, 11) is 1.81. The van der Waals surface area contributed by atoms with Crippen molar-refractivity contribution in [1.29, 1.82) is 0 Å². The highest BCUT2D eigenvalue weighted by Gasteiger charge is 2.36. The van der Waals surface area contributed by atoms with Crippen LogP contribution in [-0.2, 0) is 0 Å². The number of benzene rings is 1. The van der Waals surface area contributed by atoms with Crippen molar-refractivity contribution in [3.05, 3.63) is 36.1 Å². The maximum atomic E-state index is 13.6. The van der Waals surface area contributed by atoms with Gasteiger partial charge in [0, 0.05) is 24.4 Å². The van der Waals surface area contributed by atoms with E-state index in [1.54, 1.807) is 4.90 Å². The zero-order valence-corrected chi connectivity index (χ0v) is 11.3. The number of amides is 1. The van der Waals surface area contributed by atoms with Gasteiger partial charge in [0.1, 0.15) is 18.0 Å². The number of rotatable bonds is 3. The highest BCUT2D eigenvalue weighted by Crippen LogP contribution is 2.27. The fourth-order valence-electron chi connectivity index (χ4n) is 2.84. The van der Waals surface area contributed by atoms with E-state index in [4.69, 9.17) is 4.42 Å². The summed E-state index contributed by atoms with van der Waals surface area (Å²) in [4.78, 5) is 14.2. The quantitative estimate of drug-likeness (QED) is 0.935. The molecule has 3 rings (SSSR count). The molecule has 1 N–H and O–H groups in total. The molecule has 0 saturated carbocycles. The SMILES string of the molecule is CNC[C@@H]1C[C@H](F)CN1C(=O)c1coc2ccccc12. The minimum absolute atomic E-state index is 0.101. The smallest absolute Gasteiger partial charge is 0.258 e. The van der Waals surface area contributed by atoms with Crippen LogP contribution in [0.5, 0.6) is 0 Å². The Balaban J connectivity index is 1.91. The first-order valence-corrected chi connectivity index (χ1v) is 6.76. The van der Waals surface area contributed by atoms with Gasteiger partial charge >= 0.3 is 0 Å². The molecule has 1 saturated heterocycles. The van der Waals surface area contributed by atoms with Crippen molar-refractivity contribution in [3.63, 3.8) is 0 Å². The molecule has 1 fully saturated rings. The Morgan fingerprint density at radius 1 is 1.50 bits per heavy atom. The lowest BCUT2D eigenvalue weighted by molar-refractivity contribution is 0.0730. The lowest BCUT2D eigenvalue weighted by Crippen LogP contribution is -2.40. The number of para-hydroxylation sites is 1. The van der Waals surface area contributed by atoms with E-state index in [0.717, 1.165) is 5.39 Å². The monoisotopic (exact) mass is 276 g/mol. The summed E-state index contributed by atoms with van der Waals surface area (Å²) < 4.78 is 19.0. The number of carbonyl (C=O) groups is 1. The van der Waals surface area contributed by atoms with Gasteiger partial charge in [0.25, 0.3) is 5.91 Å². The molecule has 2 atom stereocenters. The van der Waals surface area contributed by atoms with Gasteiger partial charge in [-0.1, -0.05) is 18.2 Å². The molecule has 20 heavy (non-hydrogen) atoms. The Morgan fingerprint density at radius 3 is 3.10 bits per heavy atom. The minimum atomic E-state index is -0.949. The second kappa shape index (κ2) is 5.25. The predicted molar refractivity (Wildman–Crippen MR) is 74.5 cm³/mol. The Morgan fingerprint density at radius 2 is 2.30 bits per heavy atom. The van der Waals surface area contributed by atoms with Crippen molar-refractivity contribution in [2.24, 2.45) is 0 Å². The number of likely N-dealkylation sites (tertiary alicyclic amines) is 1. The molecule has 1 aliphatic heterocycles. The molecule has 0 radical (unpaired) electrons. The fraction of sp³-hybridized carbons (Fsp3) is 0.400. The van der Waals surface area contributed by atoms with E-state index in [9.17, 15) is 9.18 Å². The van der Waals surface area contributed by atoms with Gasteiger partial charge in [0.05, 0.1) is 12.1 Å². The maximum Gasteiger partial charge on any atom is 0.258 e. The number of hydrogen-bond donors (Lipinski definition) is 1. The second-order valence-corrected chi connectivity index (χ2v) is 5.15. The number of furan rings is 1. The van der Waals surface area contributed by atoms with E-state index in [-0.39, 0.29) is 18.5 Å². The van der Waals surface area contributed by atoms with Crippen LogP contribution in [0.4, 0.5) is 4.39 Å². The summed E-state index contributed by atoms with van der Waals surface area (Å²) in [6, 6.07) is 7.29. The van der Waals surface area contributed by atoms with Crippen molar-refractivity contribution >= 4 is 16.9 Å². The third kappa shape index (κ3) is 2.18. The molecule has 0 bridgehead atoms. The number of hydrogen-bond acceptors (Lipinski definition) is 3.